The number of hydrogen-bond acceptors (Lipinski definition) is 6. The zero-order chi connectivity index (χ0) is 21.6. The Labute approximate surface area is 183 Å². The van der Waals surface area contributed by atoms with Crippen LogP contribution in [0.2, 0.25) is 0 Å². The first kappa shape index (κ1) is 20.3. The summed E-state index contributed by atoms with van der Waals surface area (Å²) >= 11 is 1.30. The molecule has 2 aromatic heterocycles. The predicted molar refractivity (Wildman–Crippen MR) is 120 cm³/mol. The van der Waals surface area contributed by atoms with Crippen LogP contribution in [0.5, 0.6) is 0 Å². The lowest BCUT2D eigenvalue weighted by Gasteiger charge is -2.13. The van der Waals surface area contributed by atoms with Crippen LogP contribution in [-0.2, 0) is 4.79 Å². The Bertz CT molecular complexity index is 1260. The molecular formula is C23H18N6OS. The van der Waals surface area contributed by atoms with Gasteiger partial charge in [-0.05, 0) is 48.9 Å². The van der Waals surface area contributed by atoms with Gasteiger partial charge in [0.1, 0.15) is 0 Å². The lowest BCUT2D eigenvalue weighted by molar-refractivity contribution is -0.113. The second-order valence-electron chi connectivity index (χ2n) is 6.69. The minimum absolute atomic E-state index is 0.150. The van der Waals surface area contributed by atoms with Gasteiger partial charge in [-0.25, -0.2) is 0 Å². The normalized spacial score (nSPS) is 10.5. The summed E-state index contributed by atoms with van der Waals surface area (Å²) in [5.74, 6) is 0.642. The van der Waals surface area contributed by atoms with Crippen molar-refractivity contribution in [1.29, 1.82) is 5.26 Å². The highest BCUT2D eigenvalue weighted by atomic mass is 32.2. The number of para-hydroxylation sites is 1. The summed E-state index contributed by atoms with van der Waals surface area (Å²) in [6.45, 7) is 2.02. The molecule has 1 amide bonds. The summed E-state index contributed by atoms with van der Waals surface area (Å²) in [5.41, 5.74) is 3.98. The minimum Gasteiger partial charge on any atom is -0.325 e. The zero-order valence-electron chi connectivity index (χ0n) is 16.7. The number of aromatic nitrogens is 4. The van der Waals surface area contributed by atoms with Crippen LogP contribution in [-0.4, -0.2) is 31.4 Å². The van der Waals surface area contributed by atoms with E-state index in [1.165, 1.54) is 11.8 Å². The number of hydrogen-bond donors (Lipinski definition) is 1. The first-order valence-electron chi connectivity index (χ1n) is 9.50. The standard InChI is InChI=1S/C23H18N6OS/c1-16-5-2-3-8-20(16)29-22(18-9-11-25-12-10-18)27-28-23(29)31-15-21(30)26-19-7-4-6-17(13-19)14-24/h2-13H,15H2,1H3,(H,26,30). The number of nitrogens with zero attached hydrogens (tertiary/aromatic N) is 5. The Kier molecular flexibility index (Phi) is 6.05. The summed E-state index contributed by atoms with van der Waals surface area (Å²) in [5, 5.41) is 21.2. The van der Waals surface area contributed by atoms with E-state index in [0.717, 1.165) is 16.8 Å². The van der Waals surface area contributed by atoms with Gasteiger partial charge in [0.05, 0.1) is 23.1 Å². The van der Waals surface area contributed by atoms with Crippen LogP contribution in [0.3, 0.4) is 0 Å². The third-order valence-corrected chi connectivity index (χ3v) is 5.46. The number of thioether (sulfide) groups is 1. The maximum atomic E-state index is 12.5. The molecule has 0 aliphatic carbocycles. The van der Waals surface area contributed by atoms with Crippen LogP contribution in [0.15, 0.2) is 78.2 Å². The van der Waals surface area contributed by atoms with E-state index in [0.29, 0.717) is 22.2 Å². The first-order chi connectivity index (χ1) is 15.2. The van der Waals surface area contributed by atoms with E-state index in [-0.39, 0.29) is 11.7 Å². The largest absolute Gasteiger partial charge is 0.325 e. The van der Waals surface area contributed by atoms with Gasteiger partial charge >= 0.3 is 0 Å². The van der Waals surface area contributed by atoms with Crippen LogP contribution >= 0.6 is 11.8 Å². The van der Waals surface area contributed by atoms with E-state index in [1.54, 1.807) is 36.7 Å². The van der Waals surface area contributed by atoms with Crippen molar-refractivity contribution < 1.29 is 4.79 Å². The van der Waals surface area contributed by atoms with Gasteiger partial charge in [-0.15, -0.1) is 10.2 Å². The number of nitrogens with one attached hydrogen (secondary N) is 1. The van der Waals surface area contributed by atoms with Crippen molar-refractivity contribution in [3.63, 3.8) is 0 Å². The fourth-order valence-electron chi connectivity index (χ4n) is 3.08. The molecule has 8 heteroatoms. The number of carbonyl (C=O) groups is 1. The van der Waals surface area contributed by atoms with Crippen molar-refractivity contribution in [1.82, 2.24) is 19.7 Å². The Morgan fingerprint density at radius 2 is 1.90 bits per heavy atom. The van der Waals surface area contributed by atoms with E-state index < -0.39 is 0 Å². The monoisotopic (exact) mass is 426 g/mol. The van der Waals surface area contributed by atoms with Crippen molar-refractivity contribution in [2.24, 2.45) is 0 Å². The van der Waals surface area contributed by atoms with Crippen LogP contribution in [0.1, 0.15) is 11.1 Å². The molecule has 1 N–H and O–H groups in total. The molecule has 152 valence electrons. The fraction of sp³-hybridized carbons (Fsp3) is 0.0870. The lowest BCUT2D eigenvalue weighted by atomic mass is 10.2. The van der Waals surface area contributed by atoms with Gasteiger partial charge in [0.25, 0.3) is 0 Å². The Morgan fingerprint density at radius 3 is 2.68 bits per heavy atom. The van der Waals surface area contributed by atoms with Crippen LogP contribution in [0.25, 0.3) is 17.1 Å². The molecule has 0 saturated carbocycles. The summed E-state index contributed by atoms with van der Waals surface area (Å²) in [4.78, 5) is 16.6. The predicted octanol–water partition coefficient (Wildman–Crippen LogP) is 4.24. The molecule has 7 nitrogen and oxygen atoms in total. The number of pyridine rings is 1. The summed E-state index contributed by atoms with van der Waals surface area (Å²) in [6, 6.07) is 20.6. The maximum Gasteiger partial charge on any atom is 0.234 e. The Balaban J connectivity index is 1.60. The smallest absolute Gasteiger partial charge is 0.234 e. The summed E-state index contributed by atoms with van der Waals surface area (Å²) < 4.78 is 1.96. The highest BCUT2D eigenvalue weighted by Gasteiger charge is 2.18. The van der Waals surface area contributed by atoms with E-state index in [2.05, 4.69) is 26.6 Å². The number of carbonyl (C=O) groups excluding carboxylic acids is 1. The highest BCUT2D eigenvalue weighted by molar-refractivity contribution is 7.99. The van der Waals surface area contributed by atoms with Crippen LogP contribution in [0.4, 0.5) is 5.69 Å². The molecule has 0 bridgehead atoms. The van der Waals surface area contributed by atoms with Crippen LogP contribution < -0.4 is 5.32 Å². The average Bonchev–Trinajstić information content (AvgIpc) is 3.22. The molecule has 0 saturated heterocycles. The molecule has 0 spiro atoms. The molecule has 0 atom stereocenters. The molecule has 0 aliphatic rings. The number of benzene rings is 2. The highest BCUT2D eigenvalue weighted by Crippen LogP contribution is 2.29. The van der Waals surface area contributed by atoms with Gasteiger partial charge in [-0.1, -0.05) is 36.0 Å². The van der Waals surface area contributed by atoms with E-state index in [9.17, 15) is 4.79 Å². The van der Waals surface area contributed by atoms with Gasteiger partial charge < -0.3 is 5.32 Å². The molecule has 0 unspecified atom stereocenters. The van der Waals surface area contributed by atoms with Gasteiger partial charge in [0, 0.05) is 23.6 Å². The number of aryl methyl sites for hydroxylation is 1. The third kappa shape index (κ3) is 4.63. The summed E-state index contributed by atoms with van der Waals surface area (Å²) in [7, 11) is 0. The maximum absolute atomic E-state index is 12.5. The molecule has 4 aromatic rings. The number of nitriles is 1. The quantitative estimate of drug-likeness (QED) is 0.463. The topological polar surface area (TPSA) is 96.5 Å². The van der Waals surface area contributed by atoms with Crippen molar-refractivity contribution in [2.75, 3.05) is 11.1 Å². The summed E-state index contributed by atoms with van der Waals surface area (Å²) in [6.07, 6.45) is 3.42. The van der Waals surface area contributed by atoms with E-state index >= 15 is 0 Å². The molecular weight excluding hydrogens is 408 g/mol. The second kappa shape index (κ2) is 9.24. The minimum atomic E-state index is -0.190. The molecule has 0 aliphatic heterocycles. The fourth-order valence-corrected chi connectivity index (χ4v) is 3.82. The van der Waals surface area contributed by atoms with Crippen LogP contribution in [0, 0.1) is 18.3 Å². The Morgan fingerprint density at radius 1 is 1.10 bits per heavy atom. The van der Waals surface area contributed by atoms with Gasteiger partial charge in [-0.2, -0.15) is 5.26 Å². The molecule has 0 fully saturated rings. The van der Waals surface area contributed by atoms with Crippen molar-refractivity contribution in [3.05, 3.63) is 84.2 Å². The van der Waals surface area contributed by atoms with Gasteiger partial charge in [-0.3, -0.25) is 14.3 Å². The van der Waals surface area contributed by atoms with Gasteiger partial charge in [0.2, 0.25) is 5.91 Å². The van der Waals surface area contributed by atoms with Gasteiger partial charge in [0.15, 0.2) is 11.0 Å². The SMILES string of the molecule is Cc1ccccc1-n1c(SCC(=O)Nc2cccc(C#N)c2)nnc1-c1ccncc1. The second-order valence-corrected chi connectivity index (χ2v) is 7.64. The lowest BCUT2D eigenvalue weighted by Crippen LogP contribution is -2.14. The molecule has 4 rings (SSSR count). The third-order valence-electron chi connectivity index (χ3n) is 4.54. The number of amides is 1. The average molecular weight is 427 g/mol. The van der Waals surface area contributed by atoms with E-state index in [4.69, 9.17) is 5.26 Å². The molecule has 2 aromatic carbocycles. The van der Waals surface area contributed by atoms with Crippen molar-refractivity contribution in [2.45, 2.75) is 12.1 Å². The molecule has 2 heterocycles. The zero-order valence-corrected chi connectivity index (χ0v) is 17.5. The van der Waals surface area contributed by atoms with Crippen molar-refractivity contribution >= 4 is 23.4 Å². The molecule has 0 radical (unpaired) electrons. The Hall–Kier alpha value is -3.96. The first-order valence-corrected chi connectivity index (χ1v) is 10.5. The van der Waals surface area contributed by atoms with E-state index in [1.807, 2.05) is 47.9 Å². The molecule has 31 heavy (non-hydrogen) atoms. The number of rotatable bonds is 6. The number of anilines is 1. The van der Waals surface area contributed by atoms with Crippen molar-refractivity contribution in [3.8, 4) is 23.1 Å².